The van der Waals surface area contributed by atoms with Crippen molar-refractivity contribution in [1.82, 2.24) is 14.3 Å². The first-order chi connectivity index (χ1) is 22.0. The molecule has 3 aromatic carbocycles. The highest BCUT2D eigenvalue weighted by molar-refractivity contribution is 6.35. The lowest BCUT2D eigenvalue weighted by Gasteiger charge is -2.15. The van der Waals surface area contributed by atoms with Crippen molar-refractivity contribution < 1.29 is 23.5 Å². The molecule has 45 heavy (non-hydrogen) atoms. The van der Waals surface area contributed by atoms with Gasteiger partial charge in [-0.3, -0.25) is 0 Å². The number of hydrogen-bond acceptors (Lipinski definition) is 6. The molecule has 0 N–H and O–H groups in total. The molecule has 3 aromatic heterocycles. The molecule has 0 amide bonds. The number of rotatable bonds is 7. The van der Waals surface area contributed by atoms with Crippen LogP contribution in [0.3, 0.4) is 0 Å². The number of carbonyl (C=O) groups excluding carboxylic acids is 1. The van der Waals surface area contributed by atoms with E-state index in [2.05, 4.69) is 41.0 Å². The summed E-state index contributed by atoms with van der Waals surface area (Å²) in [5, 5.41) is 7.99. The smallest absolute Gasteiger partial charge is 0.355 e. The number of esters is 1. The summed E-state index contributed by atoms with van der Waals surface area (Å²) in [6, 6.07) is 18.2. The van der Waals surface area contributed by atoms with Crippen molar-refractivity contribution in [3.8, 4) is 16.9 Å². The molecule has 0 atom stereocenters. The van der Waals surface area contributed by atoms with Crippen molar-refractivity contribution in [3.05, 3.63) is 106 Å². The van der Waals surface area contributed by atoms with Gasteiger partial charge < -0.3 is 27.9 Å². The topological polar surface area (TPSA) is 80.7 Å². The van der Waals surface area contributed by atoms with E-state index in [0.717, 1.165) is 60.9 Å². The van der Waals surface area contributed by atoms with Crippen LogP contribution in [0.2, 0.25) is 5.02 Å². The van der Waals surface area contributed by atoms with Crippen LogP contribution >= 0.6 is 11.6 Å². The Balaban J connectivity index is 1.37. The minimum absolute atomic E-state index is 0.256. The molecule has 0 fully saturated rings. The Morgan fingerprint density at radius 3 is 2.73 bits per heavy atom. The molecule has 0 saturated heterocycles. The van der Waals surface area contributed by atoms with Crippen molar-refractivity contribution in [1.29, 1.82) is 0 Å². The molecule has 8 nitrogen and oxygen atoms in total. The van der Waals surface area contributed by atoms with E-state index in [-0.39, 0.29) is 19.2 Å². The van der Waals surface area contributed by atoms with Crippen LogP contribution in [-0.2, 0) is 42.7 Å². The zero-order valence-electron chi connectivity index (χ0n) is 25.6. The SMILES string of the molecule is CCOC(=O)c1c(CCCOc2cccc3ccccc23)c2ccc(Cl)c3c2n1Cc1conc1COCc1cn(C)c(C)c1-3. The van der Waals surface area contributed by atoms with Crippen molar-refractivity contribution in [2.75, 3.05) is 13.2 Å². The zero-order valence-corrected chi connectivity index (χ0v) is 26.3. The van der Waals surface area contributed by atoms with Gasteiger partial charge >= 0.3 is 5.97 Å². The van der Waals surface area contributed by atoms with E-state index < -0.39 is 0 Å². The molecule has 0 radical (unpaired) electrons. The Labute approximate surface area is 266 Å². The minimum Gasteiger partial charge on any atom is -0.493 e. The molecular weight excluding hydrogens is 590 g/mol. The van der Waals surface area contributed by atoms with Gasteiger partial charge in [-0.25, -0.2) is 4.79 Å². The number of fused-ring (bicyclic) bond motifs is 4. The van der Waals surface area contributed by atoms with E-state index in [9.17, 15) is 4.79 Å². The lowest BCUT2D eigenvalue weighted by Crippen LogP contribution is -2.16. The Kier molecular flexibility index (Phi) is 7.85. The van der Waals surface area contributed by atoms with Gasteiger partial charge in [-0.15, -0.1) is 0 Å². The molecule has 6 aromatic rings. The maximum absolute atomic E-state index is 13.8. The van der Waals surface area contributed by atoms with Gasteiger partial charge in [0.1, 0.15) is 23.4 Å². The van der Waals surface area contributed by atoms with Gasteiger partial charge in [-0.2, -0.15) is 0 Å². The van der Waals surface area contributed by atoms with Crippen molar-refractivity contribution >= 4 is 39.2 Å². The van der Waals surface area contributed by atoms with E-state index in [1.165, 1.54) is 0 Å². The molecule has 0 spiro atoms. The third kappa shape index (κ3) is 5.18. The van der Waals surface area contributed by atoms with E-state index in [1.807, 2.05) is 54.9 Å². The van der Waals surface area contributed by atoms with Gasteiger partial charge in [-0.1, -0.05) is 59.2 Å². The lowest BCUT2D eigenvalue weighted by molar-refractivity contribution is 0.0513. The summed E-state index contributed by atoms with van der Waals surface area (Å²) in [7, 11) is 2.02. The van der Waals surface area contributed by atoms with E-state index in [4.69, 9.17) is 30.3 Å². The summed E-state index contributed by atoms with van der Waals surface area (Å²) >= 11 is 7.07. The number of ether oxygens (including phenoxy) is 3. The quantitative estimate of drug-likeness (QED) is 0.132. The Bertz CT molecular complexity index is 2050. The fraction of sp³-hybridized carbons (Fsp3) is 0.278. The summed E-state index contributed by atoms with van der Waals surface area (Å²) in [6.07, 6.45) is 4.99. The molecule has 0 bridgehead atoms. The third-order valence-electron chi connectivity index (χ3n) is 8.69. The maximum Gasteiger partial charge on any atom is 0.355 e. The van der Waals surface area contributed by atoms with Crippen LogP contribution in [-0.4, -0.2) is 33.5 Å². The number of nitrogens with zero attached hydrogens (tertiary/aromatic N) is 3. The largest absolute Gasteiger partial charge is 0.493 e. The first kappa shape index (κ1) is 29.2. The molecule has 230 valence electrons. The molecule has 9 heteroatoms. The van der Waals surface area contributed by atoms with Gasteiger partial charge in [0.2, 0.25) is 0 Å². The second kappa shape index (κ2) is 12.1. The number of hydrogen-bond donors (Lipinski definition) is 0. The molecule has 4 heterocycles. The molecule has 1 aliphatic rings. The second-order valence-corrected chi connectivity index (χ2v) is 11.8. The Morgan fingerprint density at radius 2 is 1.87 bits per heavy atom. The molecule has 1 aliphatic heterocycles. The molecule has 0 unspecified atom stereocenters. The zero-order chi connectivity index (χ0) is 31.1. The van der Waals surface area contributed by atoms with Crippen LogP contribution < -0.4 is 4.74 Å². The first-order valence-corrected chi connectivity index (χ1v) is 15.6. The number of carbonyl (C=O) groups is 1. The van der Waals surface area contributed by atoms with Crippen LogP contribution in [0.1, 0.15) is 51.9 Å². The summed E-state index contributed by atoms with van der Waals surface area (Å²) in [4.78, 5) is 13.8. The van der Waals surface area contributed by atoms with Crippen LogP contribution in [0.4, 0.5) is 0 Å². The number of aryl methyl sites for hydroxylation is 2. The predicted octanol–water partition coefficient (Wildman–Crippen LogP) is 8.02. The monoisotopic (exact) mass is 623 g/mol. The van der Waals surface area contributed by atoms with Crippen molar-refractivity contribution in [2.45, 2.75) is 46.4 Å². The van der Waals surface area contributed by atoms with Crippen LogP contribution in [0.15, 0.2) is 71.6 Å². The highest BCUT2D eigenvalue weighted by Crippen LogP contribution is 2.44. The van der Waals surface area contributed by atoms with Gasteiger partial charge in [0.15, 0.2) is 0 Å². The summed E-state index contributed by atoms with van der Waals surface area (Å²) in [5.74, 6) is 0.467. The van der Waals surface area contributed by atoms with Crippen LogP contribution in [0.25, 0.3) is 32.8 Å². The summed E-state index contributed by atoms with van der Waals surface area (Å²) in [6.45, 7) is 5.63. The normalized spacial score (nSPS) is 13.0. The predicted molar refractivity (Wildman–Crippen MR) is 174 cm³/mol. The minimum atomic E-state index is -0.380. The number of aromatic nitrogens is 3. The molecule has 0 aliphatic carbocycles. The third-order valence-corrected chi connectivity index (χ3v) is 9.00. The Hall–Kier alpha value is -4.53. The fourth-order valence-electron chi connectivity index (χ4n) is 6.54. The standard InChI is InChI=1S/C36H34ClN3O5/c1-4-43-36(41)35-27(12-8-16-44-31-13-7-10-23-9-5-6-11-26(23)31)28-14-15-29(37)33-32-22(2)39(3)17-25(32)19-42-21-30-24(20-45-38-30)18-40(35)34(28)33/h5-7,9-11,13-15,17,20H,4,8,12,16,18-19,21H2,1-3H3. The van der Waals surface area contributed by atoms with Gasteiger partial charge in [0.05, 0.1) is 43.5 Å². The number of halogens is 1. The van der Waals surface area contributed by atoms with Gasteiger partial charge in [0.25, 0.3) is 0 Å². The van der Waals surface area contributed by atoms with Crippen LogP contribution in [0, 0.1) is 6.92 Å². The van der Waals surface area contributed by atoms with E-state index in [1.54, 1.807) is 6.26 Å². The summed E-state index contributed by atoms with van der Waals surface area (Å²) in [5.41, 5.74) is 7.74. The molecule has 0 saturated carbocycles. The van der Waals surface area contributed by atoms with Crippen molar-refractivity contribution in [3.63, 3.8) is 0 Å². The van der Waals surface area contributed by atoms with Crippen molar-refractivity contribution in [2.24, 2.45) is 7.05 Å². The average Bonchev–Trinajstić information content (AvgIpc) is 3.69. The first-order valence-electron chi connectivity index (χ1n) is 15.2. The highest BCUT2D eigenvalue weighted by Gasteiger charge is 2.30. The highest BCUT2D eigenvalue weighted by atomic mass is 35.5. The van der Waals surface area contributed by atoms with E-state index >= 15 is 0 Å². The molecular formula is C36H34ClN3O5. The van der Waals surface area contributed by atoms with Crippen LogP contribution in [0.5, 0.6) is 5.75 Å². The van der Waals surface area contributed by atoms with E-state index in [0.29, 0.717) is 49.0 Å². The van der Waals surface area contributed by atoms with Gasteiger partial charge in [-0.05, 0) is 49.8 Å². The molecule has 7 rings (SSSR count). The second-order valence-electron chi connectivity index (χ2n) is 11.4. The Morgan fingerprint density at radius 1 is 1.02 bits per heavy atom. The average molecular weight is 624 g/mol. The summed E-state index contributed by atoms with van der Waals surface area (Å²) < 4.78 is 27.6. The van der Waals surface area contributed by atoms with Gasteiger partial charge in [0, 0.05) is 52.0 Å². The number of benzene rings is 3. The maximum atomic E-state index is 13.8. The fourth-order valence-corrected chi connectivity index (χ4v) is 6.78. The lowest BCUT2D eigenvalue weighted by atomic mass is 9.97.